The van der Waals surface area contributed by atoms with E-state index in [0.29, 0.717) is 30.0 Å². The monoisotopic (exact) mass is 636 g/mol. The summed E-state index contributed by atoms with van der Waals surface area (Å²) in [4.78, 5) is 15.7. The van der Waals surface area contributed by atoms with E-state index in [1.807, 2.05) is 0 Å². The Morgan fingerprint density at radius 3 is 2.43 bits per heavy atom. The molecule has 0 aromatic heterocycles. The van der Waals surface area contributed by atoms with Crippen LogP contribution in [0.25, 0.3) is 0 Å². The van der Waals surface area contributed by atoms with Gasteiger partial charge in [0.05, 0.1) is 6.17 Å². The third-order valence-corrected chi connectivity index (χ3v) is 13.2. The zero-order valence-corrected chi connectivity index (χ0v) is 30.7. The molecule has 0 spiro atoms. The van der Waals surface area contributed by atoms with Gasteiger partial charge in [-0.05, 0) is 108 Å². The van der Waals surface area contributed by atoms with Crippen molar-refractivity contribution >= 4 is 17.7 Å². The van der Waals surface area contributed by atoms with Gasteiger partial charge in [-0.3, -0.25) is 20.7 Å². The average Bonchev–Trinajstić information content (AvgIpc) is 3.04. The third kappa shape index (κ3) is 12.4. The highest BCUT2D eigenvalue weighted by Crippen LogP contribution is 2.41. The van der Waals surface area contributed by atoms with Gasteiger partial charge in [0.1, 0.15) is 0 Å². The molecular formula is C37H73N5OS. The zero-order valence-electron chi connectivity index (χ0n) is 29.9. The predicted octanol–water partition coefficient (Wildman–Crippen LogP) is 7.53. The molecule has 4 N–H and O–H groups in total. The largest absolute Gasteiger partial charge is 0.356 e. The smallest absolute Gasteiger partial charge is 0.223 e. The molecule has 1 amide bonds. The lowest BCUT2D eigenvalue weighted by Crippen LogP contribution is -2.60. The summed E-state index contributed by atoms with van der Waals surface area (Å²) in [5.74, 6) is 3.97. The summed E-state index contributed by atoms with van der Waals surface area (Å²) in [6, 6.07) is 0.594. The minimum Gasteiger partial charge on any atom is -0.356 e. The molecule has 0 bridgehead atoms. The fourth-order valence-corrected chi connectivity index (χ4v) is 10.3. The van der Waals surface area contributed by atoms with E-state index in [1.54, 1.807) is 0 Å². The van der Waals surface area contributed by atoms with Gasteiger partial charge in [0, 0.05) is 42.5 Å². The first-order valence-electron chi connectivity index (χ1n) is 19.1. The summed E-state index contributed by atoms with van der Waals surface area (Å²) in [5, 5.41) is 16.3. The van der Waals surface area contributed by atoms with Crippen molar-refractivity contribution in [2.24, 2.45) is 23.7 Å². The quantitative estimate of drug-likeness (QED) is 0.0819. The Kier molecular flexibility index (Phi) is 18.0. The van der Waals surface area contributed by atoms with Crippen molar-refractivity contribution in [3.05, 3.63) is 0 Å². The summed E-state index contributed by atoms with van der Waals surface area (Å²) >= 11 is 2.26. The molecule has 0 radical (unpaired) electrons. The van der Waals surface area contributed by atoms with Gasteiger partial charge in [-0.1, -0.05) is 72.6 Å². The van der Waals surface area contributed by atoms with Gasteiger partial charge in [0.15, 0.2) is 0 Å². The van der Waals surface area contributed by atoms with E-state index in [4.69, 9.17) is 0 Å². The van der Waals surface area contributed by atoms with Crippen LogP contribution in [-0.4, -0.2) is 73.4 Å². The molecule has 258 valence electrons. The summed E-state index contributed by atoms with van der Waals surface area (Å²) < 4.78 is 0. The first kappa shape index (κ1) is 38.1. The molecule has 0 aliphatic heterocycles. The third-order valence-electron chi connectivity index (χ3n) is 11.7. The Bertz CT molecular complexity index is 777. The number of nitrogens with one attached hydrogen (secondary N) is 4. The maximum Gasteiger partial charge on any atom is 0.223 e. The first-order chi connectivity index (χ1) is 21.3. The number of thioether (sulfide) groups is 1. The number of carbonyl (C=O) groups excluding carboxylic acids is 1. The van der Waals surface area contributed by atoms with Crippen molar-refractivity contribution in [2.45, 2.75) is 166 Å². The van der Waals surface area contributed by atoms with Gasteiger partial charge in [-0.2, -0.15) is 11.8 Å². The van der Waals surface area contributed by atoms with Crippen LogP contribution in [-0.2, 0) is 4.79 Å². The molecule has 44 heavy (non-hydrogen) atoms. The van der Waals surface area contributed by atoms with Crippen molar-refractivity contribution in [3.63, 3.8) is 0 Å². The standard InChI is InChI=1S/C37H73N5OS/c1-7-11-15-24-44-34-25-33(21-19-30(34)8-2)41-35(22-23-42(5)6)39-28-40-37(10-4)26-31(18-20-32(37)9-3)36(43)38-27-29-16-13-12-14-17-29/h29-35,39-41H,7-28H2,1-6H3,(H,38,43). The molecule has 7 unspecified atom stereocenters. The van der Waals surface area contributed by atoms with E-state index < -0.39 is 0 Å². The lowest BCUT2D eigenvalue weighted by atomic mass is 9.66. The van der Waals surface area contributed by atoms with Gasteiger partial charge in [0.25, 0.3) is 0 Å². The molecule has 0 heterocycles. The molecule has 0 aromatic rings. The van der Waals surface area contributed by atoms with Crippen LogP contribution in [0.5, 0.6) is 0 Å². The van der Waals surface area contributed by atoms with E-state index in [9.17, 15) is 4.79 Å². The number of carbonyl (C=O) groups is 1. The topological polar surface area (TPSA) is 68.4 Å². The number of amides is 1. The second-order valence-corrected chi connectivity index (χ2v) is 16.4. The predicted molar refractivity (Wildman–Crippen MR) is 192 cm³/mol. The maximum atomic E-state index is 13.4. The second kappa shape index (κ2) is 20.8. The zero-order chi connectivity index (χ0) is 31.8. The Morgan fingerprint density at radius 1 is 0.955 bits per heavy atom. The highest BCUT2D eigenvalue weighted by atomic mass is 32.2. The molecule has 3 saturated carbocycles. The highest BCUT2D eigenvalue weighted by Gasteiger charge is 2.43. The maximum absolute atomic E-state index is 13.4. The molecule has 7 heteroatoms. The number of nitrogens with zero attached hydrogens (tertiary/aromatic N) is 1. The molecule has 7 atom stereocenters. The minimum atomic E-state index is 0.0261. The minimum absolute atomic E-state index is 0.0261. The SMILES string of the molecule is CCCCCSC1CC(NC(CCN(C)C)NCNC2(CC)CC(C(=O)NCC3CCCCC3)CCC2CC)CCC1CC. The van der Waals surface area contributed by atoms with Crippen molar-refractivity contribution in [3.8, 4) is 0 Å². The molecule has 6 nitrogen and oxygen atoms in total. The van der Waals surface area contributed by atoms with Gasteiger partial charge < -0.3 is 10.2 Å². The van der Waals surface area contributed by atoms with Crippen LogP contribution in [0.4, 0.5) is 0 Å². The summed E-state index contributed by atoms with van der Waals surface area (Å²) in [7, 11) is 4.37. The molecule has 3 aliphatic rings. The normalized spacial score (nSPS) is 30.8. The first-order valence-corrected chi connectivity index (χ1v) is 20.2. The summed E-state index contributed by atoms with van der Waals surface area (Å²) in [5.41, 5.74) is 0.0261. The van der Waals surface area contributed by atoms with Crippen molar-refractivity contribution < 1.29 is 4.79 Å². The molecular weight excluding hydrogens is 563 g/mol. The van der Waals surface area contributed by atoms with Gasteiger partial charge >= 0.3 is 0 Å². The van der Waals surface area contributed by atoms with E-state index in [1.165, 1.54) is 89.2 Å². The van der Waals surface area contributed by atoms with Gasteiger partial charge in [-0.25, -0.2) is 0 Å². The summed E-state index contributed by atoms with van der Waals surface area (Å²) in [6.45, 7) is 12.1. The number of hydrogen-bond acceptors (Lipinski definition) is 6. The lowest BCUT2D eigenvalue weighted by Gasteiger charge is -2.47. The van der Waals surface area contributed by atoms with Crippen LogP contribution in [0.1, 0.15) is 143 Å². The Balaban J connectivity index is 1.56. The highest BCUT2D eigenvalue weighted by molar-refractivity contribution is 7.99. The van der Waals surface area contributed by atoms with Crippen molar-refractivity contribution in [2.75, 3.05) is 39.6 Å². The number of unbranched alkanes of at least 4 members (excludes halogenated alkanes) is 2. The van der Waals surface area contributed by atoms with Crippen molar-refractivity contribution in [1.29, 1.82) is 0 Å². The van der Waals surface area contributed by atoms with E-state index in [-0.39, 0.29) is 11.5 Å². The Labute approximate surface area is 277 Å². The van der Waals surface area contributed by atoms with Crippen LogP contribution < -0.4 is 21.3 Å². The lowest BCUT2D eigenvalue weighted by molar-refractivity contribution is -0.128. The molecule has 0 saturated heterocycles. The van der Waals surface area contributed by atoms with Gasteiger partial charge in [-0.15, -0.1) is 0 Å². The van der Waals surface area contributed by atoms with Crippen LogP contribution >= 0.6 is 11.8 Å². The van der Waals surface area contributed by atoms with Crippen LogP contribution in [0.15, 0.2) is 0 Å². The van der Waals surface area contributed by atoms with E-state index >= 15 is 0 Å². The second-order valence-electron chi connectivity index (χ2n) is 15.0. The molecule has 3 rings (SSSR count). The number of hydrogen-bond donors (Lipinski definition) is 4. The molecule has 3 aliphatic carbocycles. The number of rotatable bonds is 20. The molecule has 3 fully saturated rings. The van der Waals surface area contributed by atoms with E-state index in [0.717, 1.165) is 63.0 Å². The van der Waals surface area contributed by atoms with Crippen LogP contribution in [0.2, 0.25) is 0 Å². The average molecular weight is 636 g/mol. The van der Waals surface area contributed by atoms with Gasteiger partial charge in [0.2, 0.25) is 5.91 Å². The summed E-state index contributed by atoms with van der Waals surface area (Å²) in [6.07, 6.45) is 22.7. The van der Waals surface area contributed by atoms with Crippen molar-refractivity contribution in [1.82, 2.24) is 26.2 Å². The van der Waals surface area contributed by atoms with Crippen LogP contribution in [0.3, 0.4) is 0 Å². The fraction of sp³-hybridized carbons (Fsp3) is 0.973. The fourth-order valence-electron chi connectivity index (χ4n) is 8.63. The Hall–Kier alpha value is -0.340. The molecule has 0 aromatic carbocycles. The van der Waals surface area contributed by atoms with E-state index in [2.05, 4.69) is 79.7 Å². The Morgan fingerprint density at radius 2 is 1.75 bits per heavy atom. The van der Waals surface area contributed by atoms with Crippen LogP contribution in [0, 0.1) is 23.7 Å².